The maximum absolute atomic E-state index is 13.9. The van der Waals surface area contributed by atoms with E-state index in [4.69, 9.17) is 4.74 Å². The Morgan fingerprint density at radius 1 is 0.815 bits per heavy atom. The zero-order chi connectivity index (χ0) is 45.9. The number of anilines is 1. The third-order valence-electron chi connectivity index (χ3n) is 12.7. The lowest BCUT2D eigenvalue weighted by atomic mass is 9.81. The van der Waals surface area contributed by atoms with Crippen molar-refractivity contribution in [2.24, 2.45) is 11.8 Å². The fourth-order valence-electron chi connectivity index (χ4n) is 9.00. The van der Waals surface area contributed by atoms with Gasteiger partial charge in [-0.05, 0) is 161 Å². The normalized spacial score (nSPS) is 19.2. The van der Waals surface area contributed by atoms with Gasteiger partial charge < -0.3 is 26.0 Å². The van der Waals surface area contributed by atoms with Crippen LogP contribution in [0.2, 0.25) is 0 Å². The predicted molar refractivity (Wildman–Crippen MR) is 252 cm³/mol. The summed E-state index contributed by atoms with van der Waals surface area (Å²) in [5, 5.41) is 26.3. The van der Waals surface area contributed by atoms with E-state index in [1.807, 2.05) is 76.2 Å². The molecule has 0 saturated heterocycles. The number of H-pyrrole nitrogens is 1. The van der Waals surface area contributed by atoms with Crippen LogP contribution in [0.4, 0.5) is 10.5 Å². The number of carbonyl (C=O) groups excluding carboxylic acids is 4. The standard InChI is InChI=1S/C51H63N9O5/c1-33-29-40(48(62)53-42-24-26-43(27-25-42)60(5)32-36-9-7-6-8-10-36)21-28-44(33)37-15-11-34(12-16-37)30-45(49(63)54-41-22-19-38(20-23-41)46-56-58-59-57-46)55-47(61)39-17-13-35(14-18-39)31-52-50(64)65-51(2,3)4/h6-12,15-16,19-23,28-29,35,39,42-43,45H,13-14,17-18,24-27,30-32H2,1-5H3,(H,52,64)(H,53,62)(H,54,63)(H,55,61)(H,56,57,58,59). The number of carbonyl (C=O) groups is 4. The zero-order valence-electron chi connectivity index (χ0n) is 38.2. The maximum atomic E-state index is 13.9. The topological polar surface area (TPSA) is 183 Å². The number of rotatable bonds is 15. The molecule has 342 valence electrons. The molecule has 2 fully saturated rings. The number of alkyl carbamates (subject to hydrolysis) is 1. The molecule has 1 unspecified atom stereocenters. The van der Waals surface area contributed by atoms with Crippen molar-refractivity contribution in [2.75, 3.05) is 18.9 Å². The smallest absolute Gasteiger partial charge is 0.407 e. The number of nitrogens with one attached hydrogen (secondary N) is 5. The Morgan fingerprint density at radius 2 is 1.51 bits per heavy atom. The van der Waals surface area contributed by atoms with Gasteiger partial charge in [0.25, 0.3) is 5.91 Å². The highest BCUT2D eigenvalue weighted by Crippen LogP contribution is 2.30. The van der Waals surface area contributed by atoms with Gasteiger partial charge in [0.15, 0.2) is 0 Å². The number of hydrogen-bond donors (Lipinski definition) is 5. The molecule has 65 heavy (non-hydrogen) atoms. The number of ether oxygens (including phenoxy) is 1. The van der Waals surface area contributed by atoms with Gasteiger partial charge in [-0.3, -0.25) is 19.3 Å². The highest BCUT2D eigenvalue weighted by Gasteiger charge is 2.31. The second-order valence-electron chi connectivity index (χ2n) is 18.8. The molecule has 0 aliphatic heterocycles. The second kappa shape index (κ2) is 21.5. The Hall–Kier alpha value is -6.41. The van der Waals surface area contributed by atoms with Crippen LogP contribution in [0, 0.1) is 18.8 Å². The average Bonchev–Trinajstić information content (AvgIpc) is 3.84. The van der Waals surface area contributed by atoms with Crippen molar-refractivity contribution in [1.82, 2.24) is 41.5 Å². The van der Waals surface area contributed by atoms with Crippen LogP contribution in [-0.2, 0) is 27.3 Å². The minimum Gasteiger partial charge on any atom is -0.444 e. The van der Waals surface area contributed by atoms with E-state index in [9.17, 15) is 19.2 Å². The molecule has 1 aromatic heterocycles. The van der Waals surface area contributed by atoms with Gasteiger partial charge in [-0.15, -0.1) is 10.2 Å². The maximum Gasteiger partial charge on any atom is 0.407 e. The van der Waals surface area contributed by atoms with Gasteiger partial charge in [0.2, 0.25) is 17.6 Å². The number of nitrogens with zero attached hydrogens (tertiary/aromatic N) is 4. The van der Waals surface area contributed by atoms with Crippen LogP contribution >= 0.6 is 0 Å². The summed E-state index contributed by atoms with van der Waals surface area (Å²) >= 11 is 0. The molecule has 2 aliphatic rings. The summed E-state index contributed by atoms with van der Waals surface area (Å²) in [6.45, 7) is 8.92. The van der Waals surface area contributed by atoms with E-state index >= 15 is 0 Å². The Kier molecular flexibility index (Phi) is 15.4. The van der Waals surface area contributed by atoms with Crippen LogP contribution < -0.4 is 21.3 Å². The largest absolute Gasteiger partial charge is 0.444 e. The molecule has 5 N–H and O–H groups in total. The van der Waals surface area contributed by atoms with E-state index in [-0.39, 0.29) is 42.0 Å². The van der Waals surface area contributed by atoms with Crippen molar-refractivity contribution in [3.63, 3.8) is 0 Å². The molecule has 14 nitrogen and oxygen atoms in total. The summed E-state index contributed by atoms with van der Waals surface area (Å²) in [4.78, 5) is 55.8. The number of benzene rings is 4. The number of aryl methyl sites for hydroxylation is 1. The van der Waals surface area contributed by atoms with Crippen LogP contribution in [0.15, 0.2) is 97.1 Å². The van der Waals surface area contributed by atoms with Gasteiger partial charge in [-0.25, -0.2) is 4.79 Å². The van der Waals surface area contributed by atoms with Crippen molar-refractivity contribution < 1.29 is 23.9 Å². The molecular weight excluding hydrogens is 819 g/mol. The Bertz CT molecular complexity index is 2350. The van der Waals surface area contributed by atoms with Crippen molar-refractivity contribution in [3.8, 4) is 22.5 Å². The van der Waals surface area contributed by atoms with E-state index in [0.29, 0.717) is 42.5 Å². The number of tetrazole rings is 1. The third-order valence-corrected chi connectivity index (χ3v) is 12.7. The highest BCUT2D eigenvalue weighted by atomic mass is 16.6. The van der Waals surface area contributed by atoms with Gasteiger partial charge >= 0.3 is 6.09 Å². The SMILES string of the molecule is Cc1cc(C(=O)NC2CCC(N(C)Cc3ccccc3)CC2)ccc1-c1ccc(CC(NC(=O)C2CCC(CNC(=O)OC(C)(C)C)CC2)C(=O)Nc2ccc(-c3nn[nH]n3)cc2)cc1. The Labute approximate surface area is 382 Å². The highest BCUT2D eigenvalue weighted by molar-refractivity contribution is 5.98. The van der Waals surface area contributed by atoms with Crippen LogP contribution in [0.25, 0.3) is 22.5 Å². The van der Waals surface area contributed by atoms with E-state index in [1.54, 1.807) is 24.3 Å². The first-order valence-corrected chi connectivity index (χ1v) is 22.9. The average molecular weight is 882 g/mol. The fraction of sp³-hybridized carbons (Fsp3) is 0.431. The number of aromatic amines is 1. The van der Waals surface area contributed by atoms with Crippen molar-refractivity contribution in [3.05, 3.63) is 119 Å². The molecule has 1 heterocycles. The lowest BCUT2D eigenvalue weighted by Crippen LogP contribution is -2.48. The van der Waals surface area contributed by atoms with E-state index < -0.39 is 17.7 Å². The molecule has 2 aliphatic carbocycles. The first kappa shape index (κ1) is 46.6. The van der Waals surface area contributed by atoms with Gasteiger partial charge in [0.1, 0.15) is 11.6 Å². The van der Waals surface area contributed by atoms with Crippen molar-refractivity contribution in [1.29, 1.82) is 0 Å². The molecule has 1 atom stereocenters. The van der Waals surface area contributed by atoms with E-state index in [2.05, 4.69) is 78.1 Å². The third kappa shape index (κ3) is 13.3. The summed E-state index contributed by atoms with van der Waals surface area (Å²) in [5.41, 5.74) is 6.56. The fourth-order valence-corrected chi connectivity index (χ4v) is 9.00. The first-order valence-electron chi connectivity index (χ1n) is 22.9. The van der Waals surface area contributed by atoms with E-state index in [1.165, 1.54) is 5.56 Å². The zero-order valence-corrected chi connectivity index (χ0v) is 38.2. The predicted octanol–water partition coefficient (Wildman–Crippen LogP) is 8.01. The molecule has 4 amide bonds. The summed E-state index contributed by atoms with van der Waals surface area (Å²) in [6.07, 6.45) is 6.71. The van der Waals surface area contributed by atoms with Crippen LogP contribution in [0.5, 0.6) is 0 Å². The molecule has 4 aromatic carbocycles. The number of aromatic nitrogens is 4. The quantitative estimate of drug-likeness (QED) is 0.0696. The molecule has 14 heteroatoms. The Morgan fingerprint density at radius 3 is 2.15 bits per heavy atom. The summed E-state index contributed by atoms with van der Waals surface area (Å²) in [5.74, 6) is -0.112. The number of amides is 4. The van der Waals surface area contributed by atoms with Crippen LogP contribution in [0.1, 0.15) is 99.2 Å². The van der Waals surface area contributed by atoms with E-state index in [0.717, 1.165) is 72.9 Å². The molecule has 7 rings (SSSR count). The molecule has 0 bridgehead atoms. The minimum atomic E-state index is -0.846. The Balaban J connectivity index is 0.952. The summed E-state index contributed by atoms with van der Waals surface area (Å²) in [7, 11) is 2.19. The monoisotopic (exact) mass is 881 g/mol. The molecule has 0 radical (unpaired) electrons. The number of hydrogen-bond acceptors (Lipinski definition) is 9. The molecule has 5 aromatic rings. The molecular formula is C51H63N9O5. The lowest BCUT2D eigenvalue weighted by molar-refractivity contribution is -0.130. The van der Waals surface area contributed by atoms with Crippen LogP contribution in [0.3, 0.4) is 0 Å². The first-order chi connectivity index (χ1) is 31.3. The summed E-state index contributed by atoms with van der Waals surface area (Å²) < 4.78 is 5.38. The van der Waals surface area contributed by atoms with Crippen LogP contribution in [-0.4, -0.2) is 86.7 Å². The molecule has 2 saturated carbocycles. The van der Waals surface area contributed by atoms with Gasteiger partial charge in [0.05, 0.1) is 0 Å². The summed E-state index contributed by atoms with van der Waals surface area (Å²) in [6, 6.07) is 31.3. The second-order valence-corrected chi connectivity index (χ2v) is 18.8. The van der Waals surface area contributed by atoms with Gasteiger partial charge in [-0.2, -0.15) is 5.21 Å². The van der Waals surface area contributed by atoms with Gasteiger partial charge in [-0.1, -0.05) is 60.7 Å². The molecule has 0 spiro atoms. The van der Waals surface area contributed by atoms with Crippen molar-refractivity contribution >= 4 is 29.5 Å². The lowest BCUT2D eigenvalue weighted by Gasteiger charge is -2.35. The van der Waals surface area contributed by atoms with Gasteiger partial charge in [0, 0.05) is 54.3 Å². The minimum absolute atomic E-state index is 0.0476. The van der Waals surface area contributed by atoms with Crippen molar-refractivity contribution in [2.45, 2.75) is 116 Å².